The summed E-state index contributed by atoms with van der Waals surface area (Å²) in [6, 6.07) is 13.4. The van der Waals surface area contributed by atoms with Crippen LogP contribution in [-0.4, -0.2) is 21.8 Å². The molecule has 0 spiro atoms. The fourth-order valence-electron chi connectivity index (χ4n) is 2.14. The lowest BCUT2D eigenvalue weighted by Gasteiger charge is -2.03. The maximum atomic E-state index is 13.2. The van der Waals surface area contributed by atoms with Crippen molar-refractivity contribution in [3.8, 4) is 11.5 Å². The van der Waals surface area contributed by atoms with E-state index >= 15 is 0 Å². The van der Waals surface area contributed by atoms with Gasteiger partial charge in [0.25, 0.3) is 5.89 Å². The maximum Gasteiger partial charge on any atom is 0.258 e. The molecule has 0 radical (unpaired) electrons. The first-order chi connectivity index (χ1) is 12.6. The number of carbonyl (C=O) groups is 1. The molecule has 0 atom stereocenters. The fourth-order valence-corrected chi connectivity index (χ4v) is 3.08. The van der Waals surface area contributed by atoms with Gasteiger partial charge in [0, 0.05) is 16.3 Å². The van der Waals surface area contributed by atoms with Gasteiger partial charge < -0.3 is 9.84 Å². The first-order valence-corrected chi connectivity index (χ1v) is 9.31. The molecular formula is C18H15ClFN3O2S. The summed E-state index contributed by atoms with van der Waals surface area (Å²) in [5, 5.41) is 7.21. The fraction of sp³-hybridized carbons (Fsp3) is 0.167. The highest BCUT2D eigenvalue weighted by Crippen LogP contribution is 2.18. The molecule has 0 unspecified atom stereocenters. The lowest BCUT2D eigenvalue weighted by Crippen LogP contribution is -2.25. The topological polar surface area (TPSA) is 68.0 Å². The van der Waals surface area contributed by atoms with Crippen LogP contribution in [0.15, 0.2) is 53.1 Å². The van der Waals surface area contributed by atoms with Crippen molar-refractivity contribution in [2.45, 2.75) is 12.3 Å². The number of benzene rings is 2. The summed E-state index contributed by atoms with van der Waals surface area (Å²) in [6.45, 7) is 0.152. The highest BCUT2D eigenvalue weighted by atomic mass is 35.5. The Morgan fingerprint density at radius 1 is 1.23 bits per heavy atom. The SMILES string of the molecule is O=C(CSCc1ccc(Cl)cc1)NCc1noc(-c2cccc(F)c2)n1. The Bertz CT molecular complexity index is 886. The number of amides is 1. The third-order valence-electron chi connectivity index (χ3n) is 3.40. The predicted molar refractivity (Wildman–Crippen MR) is 99.2 cm³/mol. The lowest BCUT2D eigenvalue weighted by molar-refractivity contribution is -0.118. The molecule has 134 valence electrons. The molecule has 26 heavy (non-hydrogen) atoms. The van der Waals surface area contributed by atoms with Crippen molar-refractivity contribution in [3.05, 3.63) is 70.8 Å². The van der Waals surface area contributed by atoms with Gasteiger partial charge in [0.15, 0.2) is 5.82 Å². The van der Waals surface area contributed by atoms with Crippen molar-refractivity contribution in [2.75, 3.05) is 5.75 Å². The molecule has 1 heterocycles. The van der Waals surface area contributed by atoms with Gasteiger partial charge in [-0.25, -0.2) is 4.39 Å². The van der Waals surface area contributed by atoms with Crippen LogP contribution in [0.3, 0.4) is 0 Å². The summed E-state index contributed by atoms with van der Waals surface area (Å²) in [5.74, 6) is 1.08. The van der Waals surface area contributed by atoms with Crippen LogP contribution in [0.5, 0.6) is 0 Å². The van der Waals surface area contributed by atoms with Crippen LogP contribution in [0.2, 0.25) is 5.02 Å². The molecule has 0 aliphatic rings. The molecule has 3 rings (SSSR count). The van der Waals surface area contributed by atoms with E-state index in [9.17, 15) is 9.18 Å². The van der Waals surface area contributed by atoms with Crippen LogP contribution in [0.1, 0.15) is 11.4 Å². The van der Waals surface area contributed by atoms with Crippen molar-refractivity contribution in [1.29, 1.82) is 0 Å². The van der Waals surface area contributed by atoms with Gasteiger partial charge >= 0.3 is 0 Å². The largest absolute Gasteiger partial charge is 0.348 e. The minimum atomic E-state index is -0.381. The predicted octanol–water partition coefficient (Wildman–Crippen LogP) is 4.08. The van der Waals surface area contributed by atoms with Crippen molar-refractivity contribution in [3.63, 3.8) is 0 Å². The first kappa shape index (κ1) is 18.4. The molecule has 8 heteroatoms. The number of nitrogens with one attached hydrogen (secondary N) is 1. The number of hydrogen-bond donors (Lipinski definition) is 1. The summed E-state index contributed by atoms with van der Waals surface area (Å²) in [7, 11) is 0. The van der Waals surface area contributed by atoms with Gasteiger partial charge in [0.05, 0.1) is 12.3 Å². The van der Waals surface area contributed by atoms with E-state index in [-0.39, 0.29) is 24.2 Å². The van der Waals surface area contributed by atoms with Gasteiger partial charge in [-0.05, 0) is 35.9 Å². The summed E-state index contributed by atoms with van der Waals surface area (Å²) in [5.41, 5.74) is 1.60. The molecule has 0 aliphatic carbocycles. The van der Waals surface area contributed by atoms with E-state index in [0.29, 0.717) is 22.2 Å². The van der Waals surface area contributed by atoms with E-state index in [2.05, 4.69) is 15.5 Å². The van der Waals surface area contributed by atoms with Gasteiger partial charge in [0.1, 0.15) is 5.82 Å². The molecule has 1 amide bonds. The van der Waals surface area contributed by atoms with Crippen molar-refractivity contribution in [1.82, 2.24) is 15.5 Å². The number of halogens is 2. The van der Waals surface area contributed by atoms with Crippen LogP contribution in [-0.2, 0) is 17.1 Å². The smallest absolute Gasteiger partial charge is 0.258 e. The average Bonchev–Trinajstić information content (AvgIpc) is 3.11. The minimum absolute atomic E-state index is 0.124. The minimum Gasteiger partial charge on any atom is -0.348 e. The van der Waals surface area contributed by atoms with Crippen LogP contribution in [0.4, 0.5) is 4.39 Å². The molecule has 1 aromatic heterocycles. The second-order valence-electron chi connectivity index (χ2n) is 5.42. The number of rotatable bonds is 7. The van der Waals surface area contributed by atoms with Crippen molar-refractivity contribution < 1.29 is 13.7 Å². The standard InChI is InChI=1S/C18H15ClFN3O2S/c19-14-6-4-12(5-7-14)10-26-11-17(24)21-9-16-22-18(25-23-16)13-2-1-3-15(20)8-13/h1-8H,9-11H2,(H,21,24). The van der Waals surface area contributed by atoms with E-state index in [1.54, 1.807) is 12.1 Å². The van der Waals surface area contributed by atoms with Gasteiger partial charge in [-0.1, -0.05) is 35.0 Å². The normalized spacial score (nSPS) is 10.7. The zero-order chi connectivity index (χ0) is 18.4. The number of hydrogen-bond acceptors (Lipinski definition) is 5. The molecule has 0 bridgehead atoms. The van der Waals surface area contributed by atoms with Crippen LogP contribution >= 0.6 is 23.4 Å². The molecule has 1 N–H and O–H groups in total. The average molecular weight is 392 g/mol. The van der Waals surface area contributed by atoms with E-state index in [4.69, 9.17) is 16.1 Å². The van der Waals surface area contributed by atoms with Gasteiger partial charge in [-0.2, -0.15) is 4.98 Å². The van der Waals surface area contributed by atoms with E-state index in [0.717, 1.165) is 11.3 Å². The van der Waals surface area contributed by atoms with Gasteiger partial charge in [-0.3, -0.25) is 4.79 Å². The Balaban J connectivity index is 1.44. The van der Waals surface area contributed by atoms with Crippen LogP contribution < -0.4 is 5.32 Å². The van der Waals surface area contributed by atoms with Crippen molar-refractivity contribution >= 4 is 29.3 Å². The summed E-state index contributed by atoms with van der Waals surface area (Å²) < 4.78 is 18.3. The number of carbonyl (C=O) groups excluding carboxylic acids is 1. The monoisotopic (exact) mass is 391 g/mol. The Kier molecular flexibility index (Phi) is 6.25. The first-order valence-electron chi connectivity index (χ1n) is 7.77. The van der Waals surface area contributed by atoms with Crippen molar-refractivity contribution in [2.24, 2.45) is 0 Å². The number of nitrogens with zero attached hydrogens (tertiary/aromatic N) is 2. The zero-order valence-corrected chi connectivity index (χ0v) is 15.2. The Hall–Kier alpha value is -2.38. The number of aromatic nitrogens is 2. The molecule has 0 fully saturated rings. The Morgan fingerprint density at radius 3 is 2.81 bits per heavy atom. The van der Waals surface area contributed by atoms with E-state index < -0.39 is 0 Å². The van der Waals surface area contributed by atoms with E-state index in [1.165, 1.54) is 23.9 Å². The van der Waals surface area contributed by atoms with E-state index in [1.807, 2.05) is 24.3 Å². The quantitative estimate of drug-likeness (QED) is 0.657. The highest BCUT2D eigenvalue weighted by molar-refractivity contribution is 7.99. The Labute approximate surface area is 158 Å². The molecule has 0 aliphatic heterocycles. The summed E-state index contributed by atoms with van der Waals surface area (Å²) in [6.07, 6.45) is 0. The van der Waals surface area contributed by atoms with Gasteiger partial charge in [0.2, 0.25) is 5.91 Å². The molecule has 0 saturated heterocycles. The second-order valence-corrected chi connectivity index (χ2v) is 6.84. The summed E-state index contributed by atoms with van der Waals surface area (Å²) >= 11 is 7.33. The molecule has 2 aromatic carbocycles. The third kappa shape index (κ3) is 5.31. The van der Waals surface area contributed by atoms with Gasteiger partial charge in [-0.15, -0.1) is 11.8 Å². The zero-order valence-electron chi connectivity index (χ0n) is 13.6. The lowest BCUT2D eigenvalue weighted by atomic mass is 10.2. The van der Waals surface area contributed by atoms with Crippen LogP contribution in [0.25, 0.3) is 11.5 Å². The molecule has 3 aromatic rings. The maximum absolute atomic E-state index is 13.2. The molecule has 0 saturated carbocycles. The van der Waals surface area contributed by atoms with Crippen LogP contribution in [0, 0.1) is 5.82 Å². The molecular weight excluding hydrogens is 377 g/mol. The second kappa shape index (κ2) is 8.82. The highest BCUT2D eigenvalue weighted by Gasteiger charge is 2.10. The third-order valence-corrected chi connectivity index (χ3v) is 4.65. The Morgan fingerprint density at radius 2 is 2.04 bits per heavy atom. The molecule has 5 nitrogen and oxygen atoms in total. The summed E-state index contributed by atoms with van der Waals surface area (Å²) in [4.78, 5) is 16.0. The number of thioether (sulfide) groups is 1.